The number of hydrogen-bond acceptors (Lipinski definition) is 4. The maximum atomic E-state index is 12.1. The van der Waals surface area contributed by atoms with Gasteiger partial charge in [0.25, 0.3) is 0 Å². The minimum Gasteiger partial charge on any atom is -0.463 e. The van der Waals surface area contributed by atoms with Gasteiger partial charge in [0.15, 0.2) is 6.29 Å². The number of esters is 1. The lowest BCUT2D eigenvalue weighted by Crippen LogP contribution is -2.44. The molecular formula is C20H30O4Si. The van der Waals surface area contributed by atoms with E-state index in [0.29, 0.717) is 13.2 Å². The summed E-state index contributed by atoms with van der Waals surface area (Å²) in [6.07, 6.45) is 5.54. The van der Waals surface area contributed by atoms with Gasteiger partial charge in [-0.05, 0) is 32.6 Å². The maximum Gasteiger partial charge on any atom is 0.330 e. The summed E-state index contributed by atoms with van der Waals surface area (Å²) in [6, 6.07) is 10.4. The summed E-state index contributed by atoms with van der Waals surface area (Å²) in [5.41, 5.74) is 0. The first-order chi connectivity index (χ1) is 12.0. The molecule has 5 heteroatoms. The monoisotopic (exact) mass is 362 g/mol. The Bertz CT molecular complexity index is 562. The van der Waals surface area contributed by atoms with Crippen molar-refractivity contribution in [3.05, 3.63) is 41.6 Å². The van der Waals surface area contributed by atoms with E-state index in [4.69, 9.17) is 14.2 Å². The van der Waals surface area contributed by atoms with E-state index in [1.807, 2.05) is 13.0 Å². The molecule has 138 valence electrons. The lowest BCUT2D eigenvalue weighted by Gasteiger charge is -2.28. The summed E-state index contributed by atoms with van der Waals surface area (Å²) in [6.45, 7) is 8.10. The third-order valence-electron chi connectivity index (χ3n) is 4.69. The molecule has 1 aliphatic heterocycles. The van der Waals surface area contributed by atoms with Crippen LogP contribution in [0.1, 0.15) is 32.6 Å². The molecule has 0 bridgehead atoms. The van der Waals surface area contributed by atoms with Crippen LogP contribution in [0.2, 0.25) is 13.1 Å². The molecule has 0 amide bonds. The molecule has 0 aromatic heterocycles. The predicted molar refractivity (Wildman–Crippen MR) is 102 cm³/mol. The fourth-order valence-corrected chi connectivity index (χ4v) is 5.68. The number of benzene rings is 1. The maximum absolute atomic E-state index is 12.1. The lowest BCUT2D eigenvalue weighted by atomic mass is 10.2. The molecule has 1 fully saturated rings. The molecule has 1 atom stereocenters. The van der Waals surface area contributed by atoms with Gasteiger partial charge in [0.2, 0.25) is 0 Å². The van der Waals surface area contributed by atoms with Crippen molar-refractivity contribution in [1.29, 1.82) is 0 Å². The van der Waals surface area contributed by atoms with Crippen molar-refractivity contribution in [1.82, 2.24) is 0 Å². The Morgan fingerprint density at radius 1 is 1.28 bits per heavy atom. The zero-order chi connectivity index (χ0) is 18.1. The molecule has 1 aliphatic rings. The van der Waals surface area contributed by atoms with Crippen molar-refractivity contribution in [3.8, 4) is 0 Å². The zero-order valence-corrected chi connectivity index (χ0v) is 16.6. The summed E-state index contributed by atoms with van der Waals surface area (Å²) in [4.78, 5) is 12.1. The van der Waals surface area contributed by atoms with Crippen molar-refractivity contribution < 1.29 is 19.0 Å². The van der Waals surface area contributed by atoms with Gasteiger partial charge in [-0.2, -0.15) is 0 Å². The fraction of sp³-hybridized carbons (Fsp3) is 0.550. The molecule has 2 rings (SSSR count). The zero-order valence-electron chi connectivity index (χ0n) is 15.6. The third-order valence-corrected chi connectivity index (χ3v) is 8.47. The molecule has 25 heavy (non-hydrogen) atoms. The summed E-state index contributed by atoms with van der Waals surface area (Å²) < 4.78 is 16.7. The van der Waals surface area contributed by atoms with Crippen LogP contribution < -0.4 is 5.19 Å². The second-order valence-corrected chi connectivity index (χ2v) is 11.3. The average molecular weight is 363 g/mol. The molecule has 1 aromatic rings. The van der Waals surface area contributed by atoms with Gasteiger partial charge in [0.05, 0.1) is 13.2 Å². The fourth-order valence-electron chi connectivity index (χ4n) is 3.07. The first-order valence-electron chi connectivity index (χ1n) is 9.20. The van der Waals surface area contributed by atoms with Gasteiger partial charge in [-0.3, -0.25) is 0 Å². The highest BCUT2D eigenvalue weighted by molar-refractivity contribution is 6.95. The van der Waals surface area contributed by atoms with E-state index >= 15 is 0 Å². The Labute approximate surface area is 152 Å². The normalized spacial score (nSPS) is 18.8. The molecule has 0 N–H and O–H groups in total. The van der Waals surface area contributed by atoms with E-state index in [1.165, 1.54) is 5.19 Å². The quantitative estimate of drug-likeness (QED) is 0.403. The van der Waals surface area contributed by atoms with Crippen LogP contribution in [0.4, 0.5) is 0 Å². The first-order valence-corrected chi connectivity index (χ1v) is 12.2. The first kappa shape index (κ1) is 19.9. The van der Waals surface area contributed by atoms with Crippen molar-refractivity contribution in [3.63, 3.8) is 0 Å². The van der Waals surface area contributed by atoms with E-state index in [9.17, 15) is 4.79 Å². The van der Waals surface area contributed by atoms with Gasteiger partial charge in [-0.15, -0.1) is 0 Å². The van der Waals surface area contributed by atoms with Gasteiger partial charge >= 0.3 is 5.97 Å². The SMILES string of the molecule is CCOC(=O)C=C(CCOC1CCCCO1)[Si](C)(C)c1ccccc1. The molecule has 0 saturated carbocycles. The van der Waals surface area contributed by atoms with Crippen LogP contribution in [-0.4, -0.2) is 40.2 Å². The van der Waals surface area contributed by atoms with E-state index < -0.39 is 8.07 Å². The second-order valence-electron chi connectivity index (χ2n) is 6.83. The molecule has 0 aliphatic carbocycles. The molecule has 0 spiro atoms. The molecular weight excluding hydrogens is 332 g/mol. The van der Waals surface area contributed by atoms with Crippen LogP contribution in [0.3, 0.4) is 0 Å². The molecule has 1 unspecified atom stereocenters. The molecule has 1 saturated heterocycles. The summed E-state index contributed by atoms with van der Waals surface area (Å²) >= 11 is 0. The van der Waals surface area contributed by atoms with Crippen LogP contribution in [-0.2, 0) is 19.0 Å². The standard InChI is InChI=1S/C20H30O4Si/c1-4-22-19(21)16-18(13-15-24-20-12-8-9-14-23-20)25(2,3)17-10-6-5-7-11-17/h5-7,10-11,16,20H,4,8-9,12-15H2,1-3H3. The number of ether oxygens (including phenoxy) is 3. The Hall–Kier alpha value is -1.43. The van der Waals surface area contributed by atoms with Crippen molar-refractivity contribution in [2.24, 2.45) is 0 Å². The van der Waals surface area contributed by atoms with Crippen LogP contribution >= 0.6 is 0 Å². The third kappa shape index (κ3) is 6.10. The lowest BCUT2D eigenvalue weighted by molar-refractivity contribution is -0.161. The Morgan fingerprint density at radius 2 is 2.04 bits per heavy atom. The van der Waals surface area contributed by atoms with Crippen LogP contribution in [0.25, 0.3) is 0 Å². The minimum absolute atomic E-state index is 0.0981. The van der Waals surface area contributed by atoms with E-state index in [2.05, 4.69) is 37.4 Å². The van der Waals surface area contributed by atoms with Gasteiger partial charge < -0.3 is 14.2 Å². The van der Waals surface area contributed by atoms with Crippen LogP contribution in [0, 0.1) is 0 Å². The van der Waals surface area contributed by atoms with Crippen molar-refractivity contribution in [2.75, 3.05) is 19.8 Å². The van der Waals surface area contributed by atoms with E-state index in [-0.39, 0.29) is 12.3 Å². The second kappa shape index (κ2) is 9.90. The molecule has 0 radical (unpaired) electrons. The van der Waals surface area contributed by atoms with Crippen molar-refractivity contribution in [2.45, 2.75) is 52.0 Å². The summed E-state index contributed by atoms with van der Waals surface area (Å²) in [5, 5.41) is 2.45. The predicted octanol–water partition coefficient (Wildman–Crippen LogP) is 3.56. The van der Waals surface area contributed by atoms with E-state index in [1.54, 1.807) is 6.08 Å². The van der Waals surface area contributed by atoms with Gasteiger partial charge in [0, 0.05) is 12.7 Å². The number of carbonyl (C=O) groups excluding carboxylic acids is 1. The Morgan fingerprint density at radius 3 is 2.68 bits per heavy atom. The smallest absolute Gasteiger partial charge is 0.330 e. The highest BCUT2D eigenvalue weighted by atomic mass is 28.3. The van der Waals surface area contributed by atoms with Crippen molar-refractivity contribution >= 4 is 19.2 Å². The van der Waals surface area contributed by atoms with Crippen LogP contribution in [0.5, 0.6) is 0 Å². The number of rotatable bonds is 8. The topological polar surface area (TPSA) is 44.8 Å². The summed E-state index contributed by atoms with van der Waals surface area (Å²) in [7, 11) is -1.95. The van der Waals surface area contributed by atoms with Gasteiger partial charge in [-0.25, -0.2) is 4.79 Å². The number of hydrogen-bond donors (Lipinski definition) is 0. The number of carbonyl (C=O) groups is 1. The molecule has 1 heterocycles. The average Bonchev–Trinajstić information content (AvgIpc) is 2.62. The van der Waals surface area contributed by atoms with Crippen LogP contribution in [0.15, 0.2) is 41.6 Å². The molecule has 4 nitrogen and oxygen atoms in total. The summed E-state index contributed by atoms with van der Waals surface area (Å²) in [5.74, 6) is -0.261. The Kier molecular flexibility index (Phi) is 7.87. The van der Waals surface area contributed by atoms with E-state index in [0.717, 1.165) is 37.5 Å². The highest BCUT2D eigenvalue weighted by Gasteiger charge is 2.29. The van der Waals surface area contributed by atoms with Gasteiger partial charge in [-0.1, -0.05) is 53.8 Å². The Balaban J connectivity index is 2.08. The van der Waals surface area contributed by atoms with Gasteiger partial charge in [0.1, 0.15) is 8.07 Å². The highest BCUT2D eigenvalue weighted by Crippen LogP contribution is 2.21. The minimum atomic E-state index is -1.95. The molecule has 1 aromatic carbocycles. The largest absolute Gasteiger partial charge is 0.463 e.